The number of hydrogen-bond donors (Lipinski definition) is 3. The van der Waals surface area contributed by atoms with Gasteiger partial charge in [-0.3, -0.25) is 14.9 Å². The second-order valence-corrected chi connectivity index (χ2v) is 5.77. The highest BCUT2D eigenvalue weighted by Crippen LogP contribution is 2.25. The lowest BCUT2D eigenvalue weighted by atomic mass is 9.88. The fourth-order valence-corrected chi connectivity index (χ4v) is 2.77. The van der Waals surface area contributed by atoms with E-state index in [2.05, 4.69) is 10.6 Å². The van der Waals surface area contributed by atoms with Crippen LogP contribution in [-0.2, 0) is 9.59 Å². The van der Waals surface area contributed by atoms with E-state index in [-0.39, 0.29) is 24.3 Å². The van der Waals surface area contributed by atoms with E-state index in [1.807, 2.05) is 13.8 Å². The molecule has 2 aliphatic rings. The average molecular weight is 282 g/mol. The van der Waals surface area contributed by atoms with Crippen molar-refractivity contribution in [1.29, 1.82) is 0 Å². The van der Waals surface area contributed by atoms with Gasteiger partial charge in [-0.2, -0.15) is 0 Å². The van der Waals surface area contributed by atoms with Crippen LogP contribution in [-0.4, -0.2) is 47.4 Å². The van der Waals surface area contributed by atoms with Crippen LogP contribution in [0.15, 0.2) is 0 Å². The summed E-state index contributed by atoms with van der Waals surface area (Å²) in [5.41, 5.74) is 5.00. The van der Waals surface area contributed by atoms with Gasteiger partial charge in [0.15, 0.2) is 0 Å². The highest BCUT2D eigenvalue weighted by atomic mass is 16.2. The molecule has 2 aliphatic heterocycles. The van der Waals surface area contributed by atoms with Crippen molar-refractivity contribution >= 4 is 17.8 Å². The Hall–Kier alpha value is -1.63. The molecule has 7 nitrogen and oxygen atoms in total. The number of nitrogens with two attached hydrogens (primary N) is 1. The summed E-state index contributed by atoms with van der Waals surface area (Å²) in [6, 6.07) is -1.05. The first-order chi connectivity index (χ1) is 9.39. The summed E-state index contributed by atoms with van der Waals surface area (Å²) in [5, 5.41) is 4.89. The summed E-state index contributed by atoms with van der Waals surface area (Å²) in [6.45, 7) is 4.70. The third-order valence-corrected chi connectivity index (χ3v) is 4.36. The second kappa shape index (κ2) is 5.40. The van der Waals surface area contributed by atoms with Crippen molar-refractivity contribution in [3.63, 3.8) is 0 Å². The largest absolute Gasteiger partial charge is 0.338 e. The van der Waals surface area contributed by atoms with Crippen molar-refractivity contribution in [1.82, 2.24) is 15.5 Å². The van der Waals surface area contributed by atoms with Crippen LogP contribution in [0.5, 0.6) is 0 Å². The predicted octanol–water partition coefficient (Wildman–Crippen LogP) is -0.440. The van der Waals surface area contributed by atoms with Gasteiger partial charge in [0, 0.05) is 6.54 Å². The molecule has 7 heteroatoms. The summed E-state index contributed by atoms with van der Waals surface area (Å²) < 4.78 is 0. The molecule has 3 atom stereocenters. The van der Waals surface area contributed by atoms with Gasteiger partial charge in [0.05, 0.1) is 12.6 Å². The minimum Gasteiger partial charge on any atom is -0.338 e. The smallest absolute Gasteiger partial charge is 0.322 e. The van der Waals surface area contributed by atoms with E-state index in [4.69, 9.17) is 5.73 Å². The van der Waals surface area contributed by atoms with Gasteiger partial charge in [0.1, 0.15) is 5.54 Å². The SMILES string of the molecule is CC[C@H](C)[C@H](N)C(=O)N1CCCC2(C1)NC(=O)NC2=O. The van der Waals surface area contributed by atoms with Crippen LogP contribution >= 0.6 is 0 Å². The first kappa shape index (κ1) is 14.8. The lowest BCUT2D eigenvalue weighted by Crippen LogP contribution is -2.61. The van der Waals surface area contributed by atoms with Crippen molar-refractivity contribution in [2.24, 2.45) is 11.7 Å². The third-order valence-electron chi connectivity index (χ3n) is 4.36. The number of hydrogen-bond acceptors (Lipinski definition) is 4. The average Bonchev–Trinajstić information content (AvgIpc) is 2.70. The number of carbonyl (C=O) groups excluding carboxylic acids is 3. The van der Waals surface area contributed by atoms with Gasteiger partial charge in [-0.1, -0.05) is 20.3 Å². The fourth-order valence-electron chi connectivity index (χ4n) is 2.77. The van der Waals surface area contributed by atoms with Gasteiger partial charge in [-0.05, 0) is 18.8 Å². The standard InChI is InChI=1S/C13H22N4O3/c1-3-8(2)9(14)10(18)17-6-4-5-13(7-17)11(19)15-12(20)16-13/h8-9H,3-7,14H2,1-2H3,(H2,15,16,19,20)/t8-,9-,13?/m0/s1. The van der Waals surface area contributed by atoms with Crippen LogP contribution in [0.3, 0.4) is 0 Å². The molecule has 0 radical (unpaired) electrons. The summed E-state index contributed by atoms with van der Waals surface area (Å²) in [5.74, 6) is -0.406. The second-order valence-electron chi connectivity index (χ2n) is 5.77. The van der Waals surface area contributed by atoms with Crippen molar-refractivity contribution in [2.75, 3.05) is 13.1 Å². The molecular formula is C13H22N4O3. The molecule has 4 amide bonds. The number of carbonyl (C=O) groups is 3. The summed E-state index contributed by atoms with van der Waals surface area (Å²) in [4.78, 5) is 37.2. The molecule has 0 aromatic rings. The number of piperidine rings is 1. The van der Waals surface area contributed by atoms with Gasteiger partial charge in [-0.15, -0.1) is 0 Å². The maximum absolute atomic E-state index is 12.4. The molecule has 1 spiro atoms. The molecule has 2 heterocycles. The monoisotopic (exact) mass is 282 g/mol. The van der Waals surface area contributed by atoms with Crippen molar-refractivity contribution in [3.05, 3.63) is 0 Å². The van der Waals surface area contributed by atoms with E-state index >= 15 is 0 Å². The Kier molecular flexibility index (Phi) is 3.99. The van der Waals surface area contributed by atoms with Gasteiger partial charge in [0.2, 0.25) is 5.91 Å². The normalized spacial score (nSPS) is 29.1. The zero-order valence-electron chi connectivity index (χ0n) is 11.9. The van der Waals surface area contributed by atoms with Gasteiger partial charge < -0.3 is 16.0 Å². The number of rotatable bonds is 3. The molecule has 0 bridgehead atoms. The van der Waals surface area contributed by atoms with Crippen molar-refractivity contribution < 1.29 is 14.4 Å². The Labute approximate surface area is 118 Å². The van der Waals surface area contributed by atoms with E-state index in [0.717, 1.165) is 6.42 Å². The van der Waals surface area contributed by atoms with E-state index < -0.39 is 17.6 Å². The fraction of sp³-hybridized carbons (Fsp3) is 0.769. The Morgan fingerprint density at radius 3 is 2.75 bits per heavy atom. The zero-order chi connectivity index (χ0) is 14.9. The first-order valence-electron chi connectivity index (χ1n) is 7.07. The van der Waals surface area contributed by atoms with Crippen LogP contribution in [0.1, 0.15) is 33.1 Å². The molecule has 2 fully saturated rings. The number of imide groups is 1. The molecule has 20 heavy (non-hydrogen) atoms. The van der Waals surface area contributed by atoms with Crippen LogP contribution in [0.4, 0.5) is 4.79 Å². The number of urea groups is 1. The Bertz CT molecular complexity index is 439. The Morgan fingerprint density at radius 1 is 1.50 bits per heavy atom. The molecule has 0 aromatic heterocycles. The van der Waals surface area contributed by atoms with E-state index in [0.29, 0.717) is 19.4 Å². The molecule has 1 unspecified atom stereocenters. The topological polar surface area (TPSA) is 105 Å². The molecule has 2 rings (SSSR count). The number of likely N-dealkylation sites (tertiary alicyclic amines) is 1. The quantitative estimate of drug-likeness (QED) is 0.610. The highest BCUT2D eigenvalue weighted by molar-refractivity contribution is 6.07. The van der Waals surface area contributed by atoms with Crippen LogP contribution in [0.25, 0.3) is 0 Å². The highest BCUT2D eigenvalue weighted by Gasteiger charge is 2.49. The number of nitrogens with one attached hydrogen (secondary N) is 2. The molecule has 112 valence electrons. The lowest BCUT2D eigenvalue weighted by molar-refractivity contribution is -0.138. The lowest BCUT2D eigenvalue weighted by Gasteiger charge is -2.39. The summed E-state index contributed by atoms with van der Waals surface area (Å²) >= 11 is 0. The van der Waals surface area contributed by atoms with E-state index in [9.17, 15) is 14.4 Å². The van der Waals surface area contributed by atoms with Crippen molar-refractivity contribution in [2.45, 2.75) is 44.7 Å². The maximum atomic E-state index is 12.4. The van der Waals surface area contributed by atoms with E-state index in [1.165, 1.54) is 0 Å². The number of nitrogens with zero attached hydrogens (tertiary/aromatic N) is 1. The minimum absolute atomic E-state index is 0.0902. The molecule has 2 saturated heterocycles. The van der Waals surface area contributed by atoms with Gasteiger partial charge in [0.25, 0.3) is 5.91 Å². The molecule has 0 aromatic carbocycles. The van der Waals surface area contributed by atoms with Crippen LogP contribution in [0, 0.1) is 5.92 Å². The zero-order valence-corrected chi connectivity index (χ0v) is 11.9. The third kappa shape index (κ3) is 2.49. The van der Waals surface area contributed by atoms with Gasteiger partial charge >= 0.3 is 6.03 Å². The van der Waals surface area contributed by atoms with Crippen LogP contribution in [0.2, 0.25) is 0 Å². The molecule has 4 N–H and O–H groups in total. The predicted molar refractivity (Wildman–Crippen MR) is 72.6 cm³/mol. The van der Waals surface area contributed by atoms with Crippen molar-refractivity contribution in [3.8, 4) is 0 Å². The first-order valence-corrected chi connectivity index (χ1v) is 7.07. The van der Waals surface area contributed by atoms with Crippen LogP contribution < -0.4 is 16.4 Å². The van der Waals surface area contributed by atoms with E-state index in [1.54, 1.807) is 4.90 Å². The summed E-state index contributed by atoms with van der Waals surface area (Å²) in [6.07, 6.45) is 2.04. The molecular weight excluding hydrogens is 260 g/mol. The minimum atomic E-state index is -0.972. The Morgan fingerprint density at radius 2 is 2.20 bits per heavy atom. The maximum Gasteiger partial charge on any atom is 0.322 e. The molecule has 0 saturated carbocycles. The Balaban J connectivity index is 2.09. The number of amides is 4. The summed E-state index contributed by atoms with van der Waals surface area (Å²) in [7, 11) is 0. The molecule has 0 aliphatic carbocycles. The van der Waals surface area contributed by atoms with Gasteiger partial charge in [-0.25, -0.2) is 4.79 Å².